The van der Waals surface area contributed by atoms with Gasteiger partial charge in [-0.15, -0.1) is 0 Å². The van der Waals surface area contributed by atoms with E-state index in [9.17, 15) is 0 Å². The molecule has 0 radical (unpaired) electrons. The summed E-state index contributed by atoms with van der Waals surface area (Å²) in [5.41, 5.74) is 6.09. The van der Waals surface area contributed by atoms with E-state index >= 15 is 0 Å². The van der Waals surface area contributed by atoms with E-state index in [1.54, 1.807) is 0 Å². The highest BCUT2D eigenvalue weighted by Gasteiger charge is 2.32. The lowest BCUT2D eigenvalue weighted by Gasteiger charge is -2.44. The zero-order valence-electron chi connectivity index (χ0n) is 14.0. The highest BCUT2D eigenvalue weighted by molar-refractivity contribution is 4.88. The third-order valence-electron chi connectivity index (χ3n) is 5.79. The molecule has 0 amide bonds. The Kier molecular flexibility index (Phi) is 6.35. The molecule has 0 saturated heterocycles. The van der Waals surface area contributed by atoms with Crippen LogP contribution >= 0.6 is 0 Å². The summed E-state index contributed by atoms with van der Waals surface area (Å²) >= 11 is 0. The lowest BCUT2D eigenvalue weighted by atomic mass is 9.77. The van der Waals surface area contributed by atoms with Crippen LogP contribution in [-0.4, -0.2) is 29.6 Å². The van der Waals surface area contributed by atoms with E-state index in [1.807, 2.05) is 0 Å². The first-order chi connectivity index (χ1) is 9.61. The van der Waals surface area contributed by atoms with Gasteiger partial charge in [-0.1, -0.05) is 33.6 Å². The van der Waals surface area contributed by atoms with Crippen LogP contribution in [0.3, 0.4) is 0 Å². The van der Waals surface area contributed by atoms with Gasteiger partial charge in [0, 0.05) is 18.1 Å². The first-order valence-corrected chi connectivity index (χ1v) is 9.13. The van der Waals surface area contributed by atoms with E-state index < -0.39 is 0 Å². The number of nitrogens with two attached hydrogens (primary N) is 1. The van der Waals surface area contributed by atoms with E-state index in [0.29, 0.717) is 6.04 Å². The van der Waals surface area contributed by atoms with Crippen LogP contribution in [-0.2, 0) is 0 Å². The molecular formula is C18H36N2. The van der Waals surface area contributed by atoms with Crippen molar-refractivity contribution in [2.45, 2.75) is 96.7 Å². The maximum absolute atomic E-state index is 6.09. The van der Waals surface area contributed by atoms with Crippen molar-refractivity contribution in [3.8, 4) is 0 Å². The molecule has 0 aromatic carbocycles. The van der Waals surface area contributed by atoms with Gasteiger partial charge < -0.3 is 5.73 Å². The van der Waals surface area contributed by atoms with Gasteiger partial charge in [0.15, 0.2) is 0 Å². The molecule has 2 rings (SSSR count). The second-order valence-corrected chi connectivity index (χ2v) is 7.63. The molecule has 2 heteroatoms. The van der Waals surface area contributed by atoms with Gasteiger partial charge in [0.05, 0.1) is 0 Å². The van der Waals surface area contributed by atoms with Crippen LogP contribution in [0.25, 0.3) is 0 Å². The van der Waals surface area contributed by atoms with Crippen LogP contribution in [0.5, 0.6) is 0 Å². The second kappa shape index (κ2) is 7.79. The summed E-state index contributed by atoms with van der Waals surface area (Å²) in [5, 5.41) is 0. The molecule has 0 bridgehead atoms. The van der Waals surface area contributed by atoms with E-state index in [2.05, 4.69) is 25.7 Å². The molecule has 0 spiro atoms. The van der Waals surface area contributed by atoms with E-state index in [0.717, 1.165) is 23.9 Å². The van der Waals surface area contributed by atoms with Gasteiger partial charge >= 0.3 is 0 Å². The molecule has 2 atom stereocenters. The fraction of sp³-hybridized carbons (Fsp3) is 1.00. The molecule has 2 N–H and O–H groups in total. The van der Waals surface area contributed by atoms with E-state index in [-0.39, 0.29) is 0 Å². The van der Waals surface area contributed by atoms with Gasteiger partial charge in [-0.2, -0.15) is 0 Å². The Balaban J connectivity index is 1.96. The van der Waals surface area contributed by atoms with Crippen molar-refractivity contribution >= 4 is 0 Å². The van der Waals surface area contributed by atoms with Crippen molar-refractivity contribution < 1.29 is 0 Å². The SMILES string of the molecule is CCCN(C1CCC(N)CC1)C1CCCC(C(C)C)C1. The summed E-state index contributed by atoms with van der Waals surface area (Å²) in [6.07, 6.45) is 12.2. The smallest absolute Gasteiger partial charge is 0.0101 e. The minimum absolute atomic E-state index is 0.476. The number of hydrogen-bond acceptors (Lipinski definition) is 2. The lowest BCUT2D eigenvalue weighted by molar-refractivity contribution is 0.0555. The van der Waals surface area contributed by atoms with E-state index in [4.69, 9.17) is 5.73 Å². The number of nitrogens with zero attached hydrogens (tertiary/aromatic N) is 1. The van der Waals surface area contributed by atoms with Crippen molar-refractivity contribution in [3.63, 3.8) is 0 Å². The Morgan fingerprint density at radius 1 is 1.00 bits per heavy atom. The number of rotatable bonds is 5. The molecule has 0 aromatic heterocycles. The van der Waals surface area contributed by atoms with Gasteiger partial charge in [-0.05, 0) is 63.3 Å². The molecule has 20 heavy (non-hydrogen) atoms. The summed E-state index contributed by atoms with van der Waals surface area (Å²) < 4.78 is 0. The van der Waals surface area contributed by atoms with Crippen LogP contribution in [0.15, 0.2) is 0 Å². The van der Waals surface area contributed by atoms with Crippen LogP contribution in [0.1, 0.15) is 78.6 Å². The Bertz CT molecular complexity index is 269. The highest BCUT2D eigenvalue weighted by atomic mass is 15.2. The van der Waals surface area contributed by atoms with Crippen molar-refractivity contribution in [2.75, 3.05) is 6.54 Å². The molecule has 2 saturated carbocycles. The minimum atomic E-state index is 0.476. The van der Waals surface area contributed by atoms with Crippen LogP contribution in [0, 0.1) is 11.8 Å². The Morgan fingerprint density at radius 2 is 1.70 bits per heavy atom. The molecule has 2 aliphatic carbocycles. The van der Waals surface area contributed by atoms with Crippen LogP contribution in [0.4, 0.5) is 0 Å². The van der Waals surface area contributed by atoms with Crippen molar-refractivity contribution in [1.29, 1.82) is 0 Å². The molecule has 2 unspecified atom stereocenters. The highest BCUT2D eigenvalue weighted by Crippen LogP contribution is 2.35. The lowest BCUT2D eigenvalue weighted by Crippen LogP contribution is -2.48. The predicted octanol–water partition coefficient (Wildman–Crippen LogP) is 4.18. The van der Waals surface area contributed by atoms with Gasteiger partial charge in [0.25, 0.3) is 0 Å². The fourth-order valence-corrected chi connectivity index (χ4v) is 4.46. The molecule has 118 valence electrons. The minimum Gasteiger partial charge on any atom is -0.328 e. The Hall–Kier alpha value is -0.0800. The topological polar surface area (TPSA) is 29.3 Å². The average Bonchev–Trinajstić information content (AvgIpc) is 2.46. The predicted molar refractivity (Wildman–Crippen MR) is 87.8 cm³/mol. The summed E-state index contributed by atoms with van der Waals surface area (Å²) in [6.45, 7) is 8.47. The summed E-state index contributed by atoms with van der Waals surface area (Å²) in [4.78, 5) is 2.89. The first kappa shape index (κ1) is 16.3. The monoisotopic (exact) mass is 280 g/mol. The van der Waals surface area contributed by atoms with Crippen molar-refractivity contribution in [1.82, 2.24) is 4.90 Å². The molecule has 2 aliphatic rings. The fourth-order valence-electron chi connectivity index (χ4n) is 4.46. The van der Waals surface area contributed by atoms with Crippen molar-refractivity contribution in [2.24, 2.45) is 17.6 Å². The summed E-state index contributed by atoms with van der Waals surface area (Å²) in [7, 11) is 0. The zero-order valence-corrected chi connectivity index (χ0v) is 14.0. The third-order valence-corrected chi connectivity index (χ3v) is 5.79. The van der Waals surface area contributed by atoms with Gasteiger partial charge in [-0.25, -0.2) is 0 Å². The van der Waals surface area contributed by atoms with Gasteiger partial charge in [0.1, 0.15) is 0 Å². The molecule has 2 fully saturated rings. The molecule has 0 aliphatic heterocycles. The molecule has 2 nitrogen and oxygen atoms in total. The number of hydrogen-bond donors (Lipinski definition) is 1. The maximum Gasteiger partial charge on any atom is 0.0101 e. The summed E-state index contributed by atoms with van der Waals surface area (Å²) in [5.74, 6) is 1.82. The van der Waals surface area contributed by atoms with E-state index in [1.165, 1.54) is 64.3 Å². The average molecular weight is 280 g/mol. The standard InChI is InChI=1S/C18H36N2/c1-4-12-20(17-10-8-16(19)9-11-17)18-7-5-6-15(13-18)14(2)3/h14-18H,4-13,19H2,1-3H3. The maximum atomic E-state index is 6.09. The van der Waals surface area contributed by atoms with Gasteiger partial charge in [-0.3, -0.25) is 4.90 Å². The molecular weight excluding hydrogens is 244 g/mol. The largest absolute Gasteiger partial charge is 0.328 e. The first-order valence-electron chi connectivity index (χ1n) is 9.13. The normalized spacial score (nSPS) is 35.7. The summed E-state index contributed by atoms with van der Waals surface area (Å²) in [6, 6.07) is 2.16. The molecule has 0 heterocycles. The van der Waals surface area contributed by atoms with Crippen LogP contribution in [0.2, 0.25) is 0 Å². The Morgan fingerprint density at radius 3 is 2.30 bits per heavy atom. The Labute approximate surface area is 126 Å². The quantitative estimate of drug-likeness (QED) is 0.818. The second-order valence-electron chi connectivity index (χ2n) is 7.63. The van der Waals surface area contributed by atoms with Crippen LogP contribution < -0.4 is 5.73 Å². The van der Waals surface area contributed by atoms with Crippen molar-refractivity contribution in [3.05, 3.63) is 0 Å². The molecule has 0 aromatic rings. The van der Waals surface area contributed by atoms with Gasteiger partial charge in [0.2, 0.25) is 0 Å². The zero-order chi connectivity index (χ0) is 14.5. The third kappa shape index (κ3) is 4.21.